The lowest BCUT2D eigenvalue weighted by Crippen LogP contribution is -2.39. The summed E-state index contributed by atoms with van der Waals surface area (Å²) >= 11 is 0. The Balaban J connectivity index is 2.42. The molecule has 21 heavy (non-hydrogen) atoms. The van der Waals surface area contributed by atoms with Gasteiger partial charge in [-0.2, -0.15) is 5.26 Å². The van der Waals surface area contributed by atoms with Gasteiger partial charge in [-0.25, -0.2) is 0 Å². The molecule has 6 nitrogen and oxygen atoms in total. The third-order valence-electron chi connectivity index (χ3n) is 2.87. The van der Waals surface area contributed by atoms with Gasteiger partial charge in [-0.1, -0.05) is 12.1 Å². The first-order valence-corrected chi connectivity index (χ1v) is 6.62. The fourth-order valence-electron chi connectivity index (χ4n) is 1.72. The highest BCUT2D eigenvalue weighted by molar-refractivity contribution is 5.77. The van der Waals surface area contributed by atoms with Gasteiger partial charge in [-0.3, -0.25) is 9.69 Å². The number of nitrogens with zero attached hydrogens (tertiary/aromatic N) is 3. The molecule has 114 valence electrons. The van der Waals surface area contributed by atoms with Gasteiger partial charge >= 0.3 is 0 Å². The molecule has 1 amide bonds. The van der Waals surface area contributed by atoms with Gasteiger partial charge in [0.15, 0.2) is 0 Å². The lowest BCUT2D eigenvalue weighted by molar-refractivity contribution is -0.129. The van der Waals surface area contributed by atoms with E-state index in [0.717, 1.165) is 0 Å². The van der Waals surface area contributed by atoms with Crippen LogP contribution in [0.4, 0.5) is 0 Å². The highest BCUT2D eigenvalue weighted by atomic mass is 16.5. The summed E-state index contributed by atoms with van der Waals surface area (Å²) in [4.78, 5) is 14.8. The van der Waals surface area contributed by atoms with Crippen molar-refractivity contribution in [1.82, 2.24) is 9.80 Å². The van der Waals surface area contributed by atoms with Crippen LogP contribution in [0.25, 0.3) is 0 Å². The number of nitriles is 1. The van der Waals surface area contributed by atoms with E-state index in [0.29, 0.717) is 17.9 Å². The van der Waals surface area contributed by atoms with Gasteiger partial charge < -0.3 is 14.7 Å². The molecule has 0 aromatic heterocycles. The number of aliphatic hydroxyl groups excluding tert-OH is 1. The summed E-state index contributed by atoms with van der Waals surface area (Å²) in [6, 6.07) is 8.89. The number of hydrogen-bond donors (Lipinski definition) is 1. The third kappa shape index (κ3) is 5.81. The van der Waals surface area contributed by atoms with Gasteiger partial charge in [-0.05, 0) is 19.2 Å². The molecule has 6 heteroatoms. The van der Waals surface area contributed by atoms with Crippen LogP contribution >= 0.6 is 0 Å². The second-order valence-electron chi connectivity index (χ2n) is 5.06. The molecule has 1 N–H and O–H groups in total. The molecular weight excluding hydrogens is 270 g/mol. The number of ether oxygens (including phenoxy) is 1. The molecule has 0 bridgehead atoms. The van der Waals surface area contributed by atoms with Gasteiger partial charge in [0.1, 0.15) is 24.5 Å². The van der Waals surface area contributed by atoms with Crippen LogP contribution in [0.3, 0.4) is 0 Å². The van der Waals surface area contributed by atoms with Gasteiger partial charge in [0.25, 0.3) is 0 Å². The van der Waals surface area contributed by atoms with Crippen LogP contribution in [0.5, 0.6) is 5.75 Å². The zero-order valence-corrected chi connectivity index (χ0v) is 12.6. The number of hydrogen-bond acceptors (Lipinski definition) is 5. The fourth-order valence-corrected chi connectivity index (χ4v) is 1.72. The van der Waals surface area contributed by atoms with Crippen LogP contribution in [-0.2, 0) is 4.79 Å². The normalized spacial score (nSPS) is 11.8. The number of para-hydroxylation sites is 1. The fraction of sp³-hybridized carbons (Fsp3) is 0.467. The van der Waals surface area contributed by atoms with Crippen molar-refractivity contribution in [3.05, 3.63) is 29.8 Å². The largest absolute Gasteiger partial charge is 0.489 e. The van der Waals surface area contributed by atoms with Crippen LogP contribution in [0, 0.1) is 11.3 Å². The van der Waals surface area contributed by atoms with Crippen molar-refractivity contribution in [1.29, 1.82) is 5.26 Å². The van der Waals surface area contributed by atoms with E-state index in [1.54, 1.807) is 50.3 Å². The highest BCUT2D eigenvalue weighted by Crippen LogP contribution is 2.16. The van der Waals surface area contributed by atoms with E-state index in [9.17, 15) is 9.90 Å². The number of likely N-dealkylation sites (N-methyl/N-ethyl adjacent to an activating group) is 2. The maximum Gasteiger partial charge on any atom is 0.236 e. The molecule has 1 unspecified atom stereocenters. The Labute approximate surface area is 125 Å². The van der Waals surface area contributed by atoms with Gasteiger partial charge in [0, 0.05) is 20.6 Å². The standard InChI is InChI=1S/C15H21N3O3/c1-17(2)15(20)10-18(3)9-13(19)11-21-14-7-5-4-6-12(14)8-16/h4-7,13,19H,9-11H2,1-3H3. The molecule has 1 aromatic rings. The number of carbonyl (C=O) groups is 1. The summed E-state index contributed by atoms with van der Waals surface area (Å²) in [5.41, 5.74) is 0.431. The van der Waals surface area contributed by atoms with E-state index in [-0.39, 0.29) is 19.1 Å². The predicted molar refractivity (Wildman–Crippen MR) is 78.8 cm³/mol. The number of benzene rings is 1. The molecule has 0 spiro atoms. The first-order chi connectivity index (χ1) is 9.93. The van der Waals surface area contributed by atoms with Crippen molar-refractivity contribution >= 4 is 5.91 Å². The molecule has 0 saturated heterocycles. The summed E-state index contributed by atoms with van der Waals surface area (Å²) in [6.45, 7) is 0.617. The Morgan fingerprint density at radius 2 is 2.05 bits per heavy atom. The summed E-state index contributed by atoms with van der Waals surface area (Å²) < 4.78 is 5.45. The molecule has 0 aliphatic rings. The van der Waals surface area contributed by atoms with E-state index < -0.39 is 6.10 Å². The average molecular weight is 291 g/mol. The summed E-state index contributed by atoms with van der Waals surface area (Å²) in [7, 11) is 5.14. The van der Waals surface area contributed by atoms with E-state index in [2.05, 4.69) is 0 Å². The van der Waals surface area contributed by atoms with Crippen LogP contribution in [0.2, 0.25) is 0 Å². The molecule has 0 radical (unpaired) electrons. The Morgan fingerprint density at radius 3 is 2.67 bits per heavy atom. The molecule has 0 fully saturated rings. The lowest BCUT2D eigenvalue weighted by Gasteiger charge is -2.22. The smallest absolute Gasteiger partial charge is 0.236 e. The topological polar surface area (TPSA) is 76.8 Å². The molecule has 1 atom stereocenters. The average Bonchev–Trinajstić information content (AvgIpc) is 2.45. The second kappa shape index (κ2) is 8.25. The Bertz CT molecular complexity index is 511. The first kappa shape index (κ1) is 17.0. The van der Waals surface area contributed by atoms with E-state index in [4.69, 9.17) is 10.00 Å². The SMILES string of the molecule is CN(CC(=O)N(C)C)CC(O)COc1ccccc1C#N. The number of aliphatic hydroxyl groups is 1. The van der Waals surface area contributed by atoms with Gasteiger partial charge in [-0.15, -0.1) is 0 Å². The minimum atomic E-state index is -0.739. The summed E-state index contributed by atoms with van der Waals surface area (Å²) in [5, 5.41) is 18.9. The Kier molecular flexibility index (Phi) is 6.66. The van der Waals surface area contributed by atoms with Crippen LogP contribution in [0.1, 0.15) is 5.56 Å². The van der Waals surface area contributed by atoms with E-state index in [1.165, 1.54) is 4.90 Å². The maximum atomic E-state index is 11.5. The second-order valence-corrected chi connectivity index (χ2v) is 5.06. The van der Waals surface area contributed by atoms with Crippen molar-refractivity contribution in [3.63, 3.8) is 0 Å². The van der Waals surface area contributed by atoms with Crippen molar-refractivity contribution in [2.24, 2.45) is 0 Å². The van der Waals surface area contributed by atoms with Crippen LogP contribution < -0.4 is 4.74 Å². The third-order valence-corrected chi connectivity index (χ3v) is 2.87. The minimum absolute atomic E-state index is 0.0274. The highest BCUT2D eigenvalue weighted by Gasteiger charge is 2.14. The molecular formula is C15H21N3O3. The van der Waals surface area contributed by atoms with Crippen molar-refractivity contribution in [2.45, 2.75) is 6.10 Å². The predicted octanol–water partition coefficient (Wildman–Crippen LogP) is 0.318. The molecule has 0 saturated carbocycles. The Morgan fingerprint density at radius 1 is 1.38 bits per heavy atom. The molecule has 1 rings (SSSR count). The van der Waals surface area contributed by atoms with Crippen LogP contribution in [0.15, 0.2) is 24.3 Å². The molecule has 1 aromatic carbocycles. The minimum Gasteiger partial charge on any atom is -0.489 e. The number of rotatable bonds is 7. The number of amides is 1. The van der Waals surface area contributed by atoms with Gasteiger partial charge in [0.2, 0.25) is 5.91 Å². The molecule has 0 aliphatic carbocycles. The summed E-state index contributed by atoms with van der Waals surface area (Å²) in [5.74, 6) is 0.423. The lowest BCUT2D eigenvalue weighted by atomic mass is 10.2. The van der Waals surface area contributed by atoms with Crippen LogP contribution in [-0.4, -0.2) is 67.8 Å². The molecule has 0 aliphatic heterocycles. The zero-order chi connectivity index (χ0) is 15.8. The van der Waals surface area contributed by atoms with E-state index >= 15 is 0 Å². The number of carbonyl (C=O) groups excluding carboxylic acids is 1. The quantitative estimate of drug-likeness (QED) is 0.783. The van der Waals surface area contributed by atoms with Crippen molar-refractivity contribution in [3.8, 4) is 11.8 Å². The van der Waals surface area contributed by atoms with Crippen molar-refractivity contribution in [2.75, 3.05) is 40.8 Å². The monoisotopic (exact) mass is 291 g/mol. The van der Waals surface area contributed by atoms with E-state index in [1.807, 2.05) is 6.07 Å². The van der Waals surface area contributed by atoms with Gasteiger partial charge in [0.05, 0.1) is 12.1 Å². The van der Waals surface area contributed by atoms with Crippen molar-refractivity contribution < 1.29 is 14.6 Å². The molecule has 0 heterocycles. The maximum absolute atomic E-state index is 11.5. The first-order valence-electron chi connectivity index (χ1n) is 6.62. The summed E-state index contributed by atoms with van der Waals surface area (Å²) in [6.07, 6.45) is -0.739. The zero-order valence-electron chi connectivity index (χ0n) is 12.6. The Hall–Kier alpha value is -2.10.